The fraction of sp³-hybridized carbons (Fsp3) is 0.727. The van der Waals surface area contributed by atoms with Crippen LogP contribution in [0.3, 0.4) is 0 Å². The summed E-state index contributed by atoms with van der Waals surface area (Å²) in [5, 5.41) is 19.5. The van der Waals surface area contributed by atoms with Gasteiger partial charge in [0.25, 0.3) is 0 Å². The Balaban J connectivity index is 1.23. The lowest BCUT2D eigenvalue weighted by Gasteiger charge is -2.60. The molecule has 1 saturated heterocycles. The van der Waals surface area contributed by atoms with Crippen LogP contribution >= 0.6 is 11.3 Å². The molecule has 2 heterocycles. The van der Waals surface area contributed by atoms with Gasteiger partial charge in [0.15, 0.2) is 0 Å². The molecular formula is C22H30N2O3S. The minimum atomic E-state index is -0.558. The van der Waals surface area contributed by atoms with Crippen LogP contribution in [0.15, 0.2) is 17.5 Å². The monoisotopic (exact) mass is 402 g/mol. The Hall–Kier alpha value is -1.40. The van der Waals surface area contributed by atoms with Crippen molar-refractivity contribution < 1.29 is 14.7 Å². The van der Waals surface area contributed by atoms with Gasteiger partial charge in [0.1, 0.15) is 0 Å². The van der Waals surface area contributed by atoms with E-state index in [-0.39, 0.29) is 22.9 Å². The van der Waals surface area contributed by atoms with Gasteiger partial charge in [0.2, 0.25) is 11.8 Å². The zero-order valence-corrected chi connectivity index (χ0v) is 17.2. The number of carbonyl (C=O) groups is 2. The molecule has 6 heteroatoms. The molecule has 28 heavy (non-hydrogen) atoms. The number of nitrogens with one attached hydrogen (secondary N) is 2. The molecule has 152 valence electrons. The summed E-state index contributed by atoms with van der Waals surface area (Å²) in [6.07, 6.45) is 9.07. The summed E-state index contributed by atoms with van der Waals surface area (Å²) < 4.78 is 0. The van der Waals surface area contributed by atoms with Gasteiger partial charge in [0.05, 0.1) is 5.60 Å². The summed E-state index contributed by atoms with van der Waals surface area (Å²) in [4.78, 5) is 26.1. The first kappa shape index (κ1) is 18.6. The lowest BCUT2D eigenvalue weighted by atomic mass is 9.51. The second-order valence-electron chi connectivity index (χ2n) is 10.1. The summed E-state index contributed by atoms with van der Waals surface area (Å²) in [6.45, 7) is 0. The van der Waals surface area contributed by atoms with E-state index in [9.17, 15) is 14.7 Å². The Bertz CT molecular complexity index is 763. The molecule has 6 rings (SSSR count). The summed E-state index contributed by atoms with van der Waals surface area (Å²) in [5.41, 5.74) is -1.05. The number of carbonyl (C=O) groups excluding carboxylic acids is 2. The van der Waals surface area contributed by atoms with Crippen molar-refractivity contribution in [3.05, 3.63) is 22.4 Å². The number of aliphatic hydroxyl groups is 1. The molecule has 1 aromatic heterocycles. The Labute approximate surface area is 170 Å². The van der Waals surface area contributed by atoms with Crippen molar-refractivity contribution in [3.8, 4) is 0 Å². The summed E-state index contributed by atoms with van der Waals surface area (Å²) in [5.74, 6) is 1.30. The fourth-order valence-corrected chi connectivity index (χ4v) is 7.85. The topological polar surface area (TPSA) is 78.4 Å². The average molecular weight is 403 g/mol. The normalized spacial score (nSPS) is 41.2. The number of amides is 2. The van der Waals surface area contributed by atoms with Crippen LogP contribution in [0.1, 0.15) is 69.1 Å². The van der Waals surface area contributed by atoms with Crippen LogP contribution in [0.25, 0.3) is 0 Å². The molecule has 5 aliphatic rings. The summed E-state index contributed by atoms with van der Waals surface area (Å²) >= 11 is 1.71. The van der Waals surface area contributed by atoms with E-state index in [4.69, 9.17) is 0 Å². The molecule has 3 atom stereocenters. The number of hydrogen-bond acceptors (Lipinski definition) is 4. The van der Waals surface area contributed by atoms with Crippen molar-refractivity contribution in [3.63, 3.8) is 0 Å². The molecule has 4 aliphatic carbocycles. The Kier molecular flexibility index (Phi) is 4.36. The van der Waals surface area contributed by atoms with Gasteiger partial charge in [0, 0.05) is 35.2 Å². The van der Waals surface area contributed by atoms with Gasteiger partial charge >= 0.3 is 0 Å². The average Bonchev–Trinajstić information content (AvgIpc) is 3.21. The van der Waals surface area contributed by atoms with Crippen molar-refractivity contribution in [2.45, 2.75) is 87.3 Å². The van der Waals surface area contributed by atoms with E-state index >= 15 is 0 Å². The fourth-order valence-electron chi connectivity index (χ4n) is 7.00. The zero-order valence-electron chi connectivity index (χ0n) is 16.3. The van der Waals surface area contributed by atoms with Gasteiger partial charge in [-0.05, 0) is 74.6 Å². The smallest absolute Gasteiger partial charge is 0.220 e. The molecule has 0 radical (unpaired) electrons. The molecule has 5 nitrogen and oxygen atoms in total. The van der Waals surface area contributed by atoms with Crippen molar-refractivity contribution in [2.75, 3.05) is 0 Å². The van der Waals surface area contributed by atoms with Crippen LogP contribution in [0.2, 0.25) is 0 Å². The van der Waals surface area contributed by atoms with Crippen molar-refractivity contribution in [2.24, 2.45) is 11.8 Å². The lowest BCUT2D eigenvalue weighted by molar-refractivity contribution is -0.151. The number of hydrogen-bond donors (Lipinski definition) is 3. The number of rotatable bonds is 6. The first-order valence-electron chi connectivity index (χ1n) is 10.7. The maximum atomic E-state index is 12.9. The van der Waals surface area contributed by atoms with E-state index in [1.54, 1.807) is 11.3 Å². The standard InChI is InChI=1S/C22H30N2O3S/c25-18-3-5-20(23-18,13-17-2-1-7-28-17)6-4-19(26)24-21-9-15-8-16(10-21)12-22(27,11-15)14-21/h1-2,7,15-16,27H,3-6,8-14H2,(H,23,25)(H,24,26)/t15-,16-,20+,21?,22?/m0/s1. The minimum Gasteiger partial charge on any atom is -0.390 e. The second-order valence-corrected chi connectivity index (χ2v) is 11.1. The minimum absolute atomic E-state index is 0.0808. The predicted octanol–water partition coefficient (Wildman–Crippen LogP) is 2.92. The molecule has 1 aromatic rings. The van der Waals surface area contributed by atoms with Gasteiger partial charge in [-0.2, -0.15) is 0 Å². The van der Waals surface area contributed by atoms with Gasteiger partial charge < -0.3 is 15.7 Å². The Morgan fingerprint density at radius 1 is 1.29 bits per heavy atom. The third-order valence-corrected chi connectivity index (χ3v) is 8.47. The highest BCUT2D eigenvalue weighted by molar-refractivity contribution is 7.09. The van der Waals surface area contributed by atoms with Gasteiger partial charge in [-0.3, -0.25) is 9.59 Å². The lowest BCUT2D eigenvalue weighted by Crippen LogP contribution is -2.65. The molecule has 0 spiro atoms. The molecule has 4 bridgehead atoms. The highest BCUT2D eigenvalue weighted by Crippen LogP contribution is 2.57. The highest BCUT2D eigenvalue weighted by atomic mass is 32.1. The first-order valence-corrected chi connectivity index (χ1v) is 11.6. The largest absolute Gasteiger partial charge is 0.390 e. The van der Waals surface area contributed by atoms with E-state index in [2.05, 4.69) is 22.1 Å². The maximum absolute atomic E-state index is 12.9. The van der Waals surface area contributed by atoms with E-state index in [1.165, 1.54) is 11.3 Å². The molecule has 5 fully saturated rings. The van der Waals surface area contributed by atoms with E-state index < -0.39 is 5.60 Å². The molecule has 0 unspecified atom stereocenters. The molecule has 4 saturated carbocycles. The van der Waals surface area contributed by atoms with Gasteiger partial charge in [-0.1, -0.05) is 6.07 Å². The third-order valence-electron chi connectivity index (χ3n) is 7.59. The molecule has 1 aliphatic heterocycles. The SMILES string of the molecule is O=C(CC[C@@]1(Cc2cccs2)CCC(=O)N1)NC12C[C@@H]3C[C@H](CC(O)(C3)C1)C2. The van der Waals surface area contributed by atoms with Crippen molar-refractivity contribution >= 4 is 23.2 Å². The zero-order chi connectivity index (χ0) is 19.4. The van der Waals surface area contributed by atoms with E-state index in [0.717, 1.165) is 44.9 Å². The first-order chi connectivity index (χ1) is 13.4. The summed E-state index contributed by atoms with van der Waals surface area (Å²) in [6, 6.07) is 4.14. The van der Waals surface area contributed by atoms with Gasteiger partial charge in [-0.25, -0.2) is 0 Å². The van der Waals surface area contributed by atoms with E-state index in [0.29, 0.717) is 31.1 Å². The summed E-state index contributed by atoms with van der Waals surface area (Å²) in [7, 11) is 0. The van der Waals surface area contributed by atoms with Crippen LogP contribution in [-0.4, -0.2) is 33.6 Å². The van der Waals surface area contributed by atoms with Crippen LogP contribution in [0.5, 0.6) is 0 Å². The number of thiophene rings is 1. The molecule has 2 amide bonds. The predicted molar refractivity (Wildman–Crippen MR) is 108 cm³/mol. The maximum Gasteiger partial charge on any atom is 0.220 e. The second kappa shape index (κ2) is 6.56. The third kappa shape index (κ3) is 3.50. The Morgan fingerprint density at radius 3 is 2.68 bits per heavy atom. The Morgan fingerprint density at radius 2 is 2.07 bits per heavy atom. The van der Waals surface area contributed by atoms with Crippen LogP contribution in [0, 0.1) is 11.8 Å². The van der Waals surface area contributed by atoms with Crippen LogP contribution < -0.4 is 10.6 Å². The van der Waals surface area contributed by atoms with Gasteiger partial charge in [-0.15, -0.1) is 11.3 Å². The molecule has 0 aromatic carbocycles. The highest BCUT2D eigenvalue weighted by Gasteiger charge is 2.57. The van der Waals surface area contributed by atoms with Crippen molar-refractivity contribution in [1.29, 1.82) is 0 Å². The van der Waals surface area contributed by atoms with Crippen LogP contribution in [0.4, 0.5) is 0 Å². The molecule has 3 N–H and O–H groups in total. The van der Waals surface area contributed by atoms with Crippen molar-refractivity contribution in [1.82, 2.24) is 10.6 Å². The quantitative estimate of drug-likeness (QED) is 0.685. The van der Waals surface area contributed by atoms with Crippen LogP contribution in [-0.2, 0) is 16.0 Å². The van der Waals surface area contributed by atoms with E-state index in [1.807, 2.05) is 6.07 Å². The molecular weight excluding hydrogens is 372 g/mol.